The molecule has 1 aromatic rings. The van der Waals surface area contributed by atoms with Gasteiger partial charge in [-0.25, -0.2) is 0 Å². The molecule has 0 saturated heterocycles. The summed E-state index contributed by atoms with van der Waals surface area (Å²) in [5.41, 5.74) is -0.555. The Morgan fingerprint density at radius 1 is 1.29 bits per heavy atom. The molecule has 0 aromatic heterocycles. The van der Waals surface area contributed by atoms with Gasteiger partial charge in [-0.2, -0.15) is 0 Å². The highest BCUT2D eigenvalue weighted by Gasteiger charge is 2.29. The van der Waals surface area contributed by atoms with Gasteiger partial charge in [0.15, 0.2) is 0 Å². The molecule has 7 heteroatoms. The van der Waals surface area contributed by atoms with E-state index in [-0.39, 0.29) is 17.7 Å². The van der Waals surface area contributed by atoms with Gasteiger partial charge in [-0.15, -0.1) is 0 Å². The molecule has 1 amide bonds. The summed E-state index contributed by atoms with van der Waals surface area (Å²) < 4.78 is 0. The highest BCUT2D eigenvalue weighted by Crippen LogP contribution is 2.21. The van der Waals surface area contributed by atoms with Crippen LogP contribution in [0.5, 0.6) is 0 Å². The number of amides is 1. The summed E-state index contributed by atoms with van der Waals surface area (Å²) in [6.07, 6.45) is -0.207. The van der Waals surface area contributed by atoms with E-state index >= 15 is 0 Å². The number of rotatable bonds is 5. The van der Waals surface area contributed by atoms with E-state index in [1.807, 2.05) is 0 Å². The van der Waals surface area contributed by atoms with Crippen molar-refractivity contribution in [2.45, 2.75) is 32.7 Å². The zero-order valence-electron chi connectivity index (χ0n) is 12.2. The molecule has 0 aliphatic carbocycles. The lowest BCUT2D eigenvalue weighted by atomic mass is 10.0. The molecule has 1 N–H and O–H groups in total. The fourth-order valence-electron chi connectivity index (χ4n) is 1.93. The minimum atomic E-state index is -1.12. The predicted molar refractivity (Wildman–Crippen MR) is 75.9 cm³/mol. The number of hydrogen-bond donors (Lipinski definition) is 1. The van der Waals surface area contributed by atoms with Crippen molar-refractivity contribution in [1.29, 1.82) is 0 Å². The van der Waals surface area contributed by atoms with Crippen molar-refractivity contribution in [3.05, 3.63) is 39.9 Å². The molecule has 0 unspecified atom stereocenters. The Morgan fingerprint density at radius 2 is 1.86 bits per heavy atom. The molecule has 0 spiro atoms. The predicted octanol–water partition coefficient (Wildman–Crippen LogP) is 1.85. The Morgan fingerprint density at radius 3 is 2.33 bits per heavy atom. The summed E-state index contributed by atoms with van der Waals surface area (Å²) >= 11 is 0. The smallest absolute Gasteiger partial charge is 0.323 e. The molecule has 0 aliphatic rings. The van der Waals surface area contributed by atoms with E-state index in [0.29, 0.717) is 0 Å². The SMILES string of the molecule is CC(C)(C)N(CC(=O)O)C(=O)Cc1ccccc1[N+](=O)[O-]. The molecular weight excluding hydrogens is 276 g/mol. The highest BCUT2D eigenvalue weighted by molar-refractivity contribution is 5.84. The number of benzene rings is 1. The van der Waals surface area contributed by atoms with E-state index < -0.39 is 28.9 Å². The number of carbonyl (C=O) groups is 2. The van der Waals surface area contributed by atoms with E-state index in [1.165, 1.54) is 23.1 Å². The van der Waals surface area contributed by atoms with Crippen LogP contribution in [0.15, 0.2) is 24.3 Å². The number of carboxylic acids is 1. The van der Waals surface area contributed by atoms with Gasteiger partial charge in [0, 0.05) is 17.2 Å². The van der Waals surface area contributed by atoms with Gasteiger partial charge in [0.05, 0.1) is 11.3 Å². The van der Waals surface area contributed by atoms with Gasteiger partial charge in [0.25, 0.3) is 5.69 Å². The zero-order chi connectivity index (χ0) is 16.2. The number of nitrogens with zero attached hydrogens (tertiary/aromatic N) is 2. The minimum absolute atomic E-state index is 0.143. The third kappa shape index (κ3) is 4.55. The van der Waals surface area contributed by atoms with Crippen LogP contribution in [0.1, 0.15) is 26.3 Å². The third-order valence-corrected chi connectivity index (χ3v) is 2.93. The second kappa shape index (κ2) is 6.34. The van der Waals surface area contributed by atoms with E-state index in [1.54, 1.807) is 26.8 Å². The first-order valence-electron chi connectivity index (χ1n) is 6.37. The van der Waals surface area contributed by atoms with E-state index in [0.717, 1.165) is 0 Å². The maximum Gasteiger partial charge on any atom is 0.323 e. The number of carboxylic acid groups (broad SMARTS) is 1. The average Bonchev–Trinajstić information content (AvgIpc) is 2.34. The fraction of sp³-hybridized carbons (Fsp3) is 0.429. The molecule has 0 radical (unpaired) electrons. The first kappa shape index (κ1) is 16.6. The zero-order valence-corrected chi connectivity index (χ0v) is 12.2. The minimum Gasteiger partial charge on any atom is -0.480 e. The van der Waals surface area contributed by atoms with Crippen LogP contribution in [-0.4, -0.2) is 38.9 Å². The lowest BCUT2D eigenvalue weighted by molar-refractivity contribution is -0.385. The summed E-state index contributed by atoms with van der Waals surface area (Å²) in [6, 6.07) is 5.94. The molecule has 1 aromatic carbocycles. The quantitative estimate of drug-likeness (QED) is 0.659. The van der Waals surface area contributed by atoms with Crippen molar-refractivity contribution in [1.82, 2.24) is 4.90 Å². The second-order valence-electron chi connectivity index (χ2n) is 5.61. The van der Waals surface area contributed by atoms with Gasteiger partial charge in [-0.05, 0) is 20.8 Å². The maximum absolute atomic E-state index is 12.3. The summed E-state index contributed by atoms with van der Waals surface area (Å²) in [5.74, 6) is -1.58. The lowest BCUT2D eigenvalue weighted by Gasteiger charge is -2.34. The maximum atomic E-state index is 12.3. The van der Waals surface area contributed by atoms with Crippen LogP contribution in [0.2, 0.25) is 0 Å². The fourth-order valence-corrected chi connectivity index (χ4v) is 1.93. The molecule has 1 rings (SSSR count). The van der Waals surface area contributed by atoms with Crippen molar-refractivity contribution < 1.29 is 19.6 Å². The molecule has 0 atom stereocenters. The first-order chi connectivity index (χ1) is 9.62. The summed E-state index contributed by atoms with van der Waals surface area (Å²) in [4.78, 5) is 34.8. The Balaban J connectivity index is 3.02. The molecule has 21 heavy (non-hydrogen) atoms. The summed E-state index contributed by atoms with van der Waals surface area (Å²) in [5, 5.41) is 19.8. The van der Waals surface area contributed by atoms with Crippen LogP contribution in [0.4, 0.5) is 5.69 Å². The van der Waals surface area contributed by atoms with Gasteiger partial charge >= 0.3 is 5.97 Å². The van der Waals surface area contributed by atoms with E-state index in [4.69, 9.17) is 5.11 Å². The monoisotopic (exact) mass is 294 g/mol. The van der Waals surface area contributed by atoms with Crippen LogP contribution in [0.3, 0.4) is 0 Å². The van der Waals surface area contributed by atoms with Gasteiger partial charge in [-0.3, -0.25) is 19.7 Å². The van der Waals surface area contributed by atoms with Crippen LogP contribution in [0.25, 0.3) is 0 Å². The molecule has 0 fully saturated rings. The number of aliphatic carboxylic acids is 1. The Kier molecular flexibility index (Phi) is 5.02. The number of hydrogen-bond acceptors (Lipinski definition) is 4. The largest absolute Gasteiger partial charge is 0.480 e. The normalized spacial score (nSPS) is 11.0. The van der Waals surface area contributed by atoms with Crippen molar-refractivity contribution in [3.63, 3.8) is 0 Å². The molecular formula is C14H18N2O5. The lowest BCUT2D eigenvalue weighted by Crippen LogP contribution is -2.48. The standard InChI is InChI=1S/C14H18N2O5/c1-14(2,3)15(9-13(18)19)12(17)8-10-6-4-5-7-11(10)16(20)21/h4-7H,8-9H2,1-3H3,(H,18,19). The Hall–Kier alpha value is -2.44. The summed E-state index contributed by atoms with van der Waals surface area (Å²) in [6.45, 7) is 4.71. The van der Waals surface area contributed by atoms with Gasteiger partial charge < -0.3 is 10.0 Å². The summed E-state index contributed by atoms with van der Waals surface area (Å²) in [7, 11) is 0. The molecule has 0 aliphatic heterocycles. The van der Waals surface area contributed by atoms with Crippen molar-refractivity contribution in [2.24, 2.45) is 0 Å². The number of carbonyl (C=O) groups excluding carboxylic acids is 1. The van der Waals surface area contributed by atoms with Crippen molar-refractivity contribution in [3.8, 4) is 0 Å². The van der Waals surface area contributed by atoms with Crippen LogP contribution < -0.4 is 0 Å². The van der Waals surface area contributed by atoms with Crippen LogP contribution >= 0.6 is 0 Å². The Bertz CT molecular complexity index is 563. The second-order valence-corrected chi connectivity index (χ2v) is 5.61. The molecule has 7 nitrogen and oxygen atoms in total. The molecule has 0 bridgehead atoms. The van der Waals surface area contributed by atoms with Gasteiger partial charge in [-0.1, -0.05) is 18.2 Å². The topological polar surface area (TPSA) is 101 Å². The van der Waals surface area contributed by atoms with E-state index in [9.17, 15) is 19.7 Å². The first-order valence-corrected chi connectivity index (χ1v) is 6.37. The van der Waals surface area contributed by atoms with Crippen LogP contribution in [-0.2, 0) is 16.0 Å². The van der Waals surface area contributed by atoms with Crippen molar-refractivity contribution in [2.75, 3.05) is 6.54 Å². The van der Waals surface area contributed by atoms with Crippen molar-refractivity contribution >= 4 is 17.6 Å². The van der Waals surface area contributed by atoms with Gasteiger partial charge in [0.1, 0.15) is 6.54 Å². The molecule has 0 heterocycles. The number of nitro benzene ring substituents is 1. The third-order valence-electron chi connectivity index (χ3n) is 2.93. The average molecular weight is 294 g/mol. The highest BCUT2D eigenvalue weighted by atomic mass is 16.6. The molecule has 114 valence electrons. The van der Waals surface area contributed by atoms with Gasteiger partial charge in [0.2, 0.25) is 5.91 Å². The van der Waals surface area contributed by atoms with E-state index in [2.05, 4.69) is 0 Å². The number of nitro groups is 1. The molecule has 0 saturated carbocycles. The Labute approximate surface area is 122 Å². The number of para-hydroxylation sites is 1. The van der Waals surface area contributed by atoms with Crippen LogP contribution in [0, 0.1) is 10.1 Å².